The van der Waals surface area contributed by atoms with Crippen LogP contribution in [0.4, 0.5) is 11.6 Å². The Morgan fingerprint density at radius 1 is 1.30 bits per heavy atom. The van der Waals surface area contributed by atoms with Crippen LogP contribution in [0.1, 0.15) is 25.7 Å². The molecular formula is C13H19N5O2. The van der Waals surface area contributed by atoms with Gasteiger partial charge in [0.25, 0.3) is 0 Å². The van der Waals surface area contributed by atoms with Crippen LogP contribution in [0.25, 0.3) is 0 Å². The van der Waals surface area contributed by atoms with E-state index in [4.69, 9.17) is 0 Å². The van der Waals surface area contributed by atoms with E-state index in [0.29, 0.717) is 12.0 Å². The van der Waals surface area contributed by atoms with Crippen molar-refractivity contribution in [3.05, 3.63) is 22.5 Å². The van der Waals surface area contributed by atoms with Gasteiger partial charge in [0.05, 0.1) is 4.92 Å². The summed E-state index contributed by atoms with van der Waals surface area (Å²) in [5.41, 5.74) is -0.0564. The first-order chi connectivity index (χ1) is 9.72. The van der Waals surface area contributed by atoms with Crippen LogP contribution in [0, 0.1) is 16.0 Å². The summed E-state index contributed by atoms with van der Waals surface area (Å²) in [6.45, 7) is 2.91. The van der Waals surface area contributed by atoms with Gasteiger partial charge in [0.15, 0.2) is 0 Å². The zero-order valence-corrected chi connectivity index (χ0v) is 11.4. The third-order valence-corrected chi connectivity index (χ3v) is 3.90. The zero-order valence-electron chi connectivity index (χ0n) is 11.4. The van der Waals surface area contributed by atoms with Crippen molar-refractivity contribution in [2.45, 2.75) is 31.7 Å². The van der Waals surface area contributed by atoms with E-state index in [1.54, 1.807) is 0 Å². The van der Waals surface area contributed by atoms with Crippen LogP contribution >= 0.6 is 0 Å². The van der Waals surface area contributed by atoms with Crippen molar-refractivity contribution in [1.29, 1.82) is 0 Å². The van der Waals surface area contributed by atoms with E-state index in [9.17, 15) is 10.1 Å². The predicted octanol–water partition coefficient (Wildman–Crippen LogP) is 1.35. The molecule has 0 radical (unpaired) electrons. The summed E-state index contributed by atoms with van der Waals surface area (Å²) in [4.78, 5) is 20.7. The van der Waals surface area contributed by atoms with E-state index in [1.807, 2.05) is 0 Å². The Hall–Kier alpha value is -1.76. The molecule has 1 aliphatic heterocycles. The molecule has 2 fully saturated rings. The van der Waals surface area contributed by atoms with Gasteiger partial charge in [-0.15, -0.1) is 0 Å². The lowest BCUT2D eigenvalue weighted by Crippen LogP contribution is -2.39. The molecule has 2 aliphatic rings. The summed E-state index contributed by atoms with van der Waals surface area (Å²) in [5, 5.41) is 14.1. The summed E-state index contributed by atoms with van der Waals surface area (Å²) in [5.74, 6) is 1.34. The van der Waals surface area contributed by atoms with Crippen molar-refractivity contribution in [2.75, 3.05) is 24.5 Å². The van der Waals surface area contributed by atoms with Gasteiger partial charge >= 0.3 is 5.69 Å². The zero-order chi connectivity index (χ0) is 13.9. The Bertz CT molecular complexity index is 468. The maximum atomic E-state index is 10.7. The Kier molecular flexibility index (Phi) is 3.77. The van der Waals surface area contributed by atoms with Crippen LogP contribution in [-0.2, 0) is 0 Å². The van der Waals surface area contributed by atoms with Gasteiger partial charge in [0.1, 0.15) is 12.4 Å². The summed E-state index contributed by atoms with van der Waals surface area (Å²) in [6.07, 6.45) is 7.51. The molecule has 1 aromatic rings. The van der Waals surface area contributed by atoms with Gasteiger partial charge in [0, 0.05) is 19.1 Å². The number of rotatable bonds is 6. The summed E-state index contributed by atoms with van der Waals surface area (Å²) in [6, 6.07) is 0.479. The smallest absolute Gasteiger partial charge is 0.305 e. The summed E-state index contributed by atoms with van der Waals surface area (Å²) < 4.78 is 0. The number of aromatic nitrogens is 2. The SMILES string of the molecule is O=[N+]([O-])c1cnc(N(CC2CC2)CC2CCCN2)nc1. The lowest BCUT2D eigenvalue weighted by molar-refractivity contribution is -0.385. The molecule has 108 valence electrons. The molecule has 0 aromatic carbocycles. The Balaban J connectivity index is 1.70. The highest BCUT2D eigenvalue weighted by Gasteiger charge is 2.28. The Morgan fingerprint density at radius 3 is 2.60 bits per heavy atom. The fraction of sp³-hybridized carbons (Fsp3) is 0.692. The summed E-state index contributed by atoms with van der Waals surface area (Å²) >= 11 is 0. The van der Waals surface area contributed by atoms with E-state index in [0.717, 1.165) is 25.6 Å². The molecule has 1 saturated carbocycles. The lowest BCUT2D eigenvalue weighted by atomic mass is 10.2. The normalized spacial score (nSPS) is 21.9. The van der Waals surface area contributed by atoms with Crippen LogP contribution < -0.4 is 10.2 Å². The highest BCUT2D eigenvalue weighted by molar-refractivity contribution is 5.34. The molecule has 0 spiro atoms. The van der Waals surface area contributed by atoms with Crippen molar-refractivity contribution in [3.8, 4) is 0 Å². The minimum absolute atomic E-state index is 0.0564. The minimum atomic E-state index is -0.465. The molecule has 0 bridgehead atoms. The third kappa shape index (κ3) is 3.22. The number of nitrogens with one attached hydrogen (secondary N) is 1. The molecule has 1 unspecified atom stereocenters. The number of nitrogens with zero attached hydrogens (tertiary/aromatic N) is 4. The average molecular weight is 277 g/mol. The van der Waals surface area contributed by atoms with Crippen LogP contribution in [0.2, 0.25) is 0 Å². The van der Waals surface area contributed by atoms with Crippen molar-refractivity contribution in [2.24, 2.45) is 5.92 Å². The Morgan fingerprint density at radius 2 is 2.05 bits per heavy atom. The van der Waals surface area contributed by atoms with Gasteiger partial charge < -0.3 is 10.2 Å². The molecule has 1 saturated heterocycles. The van der Waals surface area contributed by atoms with Crippen molar-refractivity contribution >= 4 is 11.6 Å². The van der Waals surface area contributed by atoms with Crippen LogP contribution in [0.3, 0.4) is 0 Å². The quantitative estimate of drug-likeness (QED) is 0.624. The summed E-state index contributed by atoms with van der Waals surface area (Å²) in [7, 11) is 0. The van der Waals surface area contributed by atoms with Gasteiger partial charge in [-0.05, 0) is 38.1 Å². The van der Waals surface area contributed by atoms with Crippen molar-refractivity contribution in [3.63, 3.8) is 0 Å². The number of nitro groups is 1. The molecule has 20 heavy (non-hydrogen) atoms. The van der Waals surface area contributed by atoms with E-state index < -0.39 is 4.92 Å². The minimum Gasteiger partial charge on any atom is -0.339 e. The number of anilines is 1. The topological polar surface area (TPSA) is 84.2 Å². The van der Waals surface area contributed by atoms with E-state index in [2.05, 4.69) is 20.2 Å². The second-order valence-corrected chi connectivity index (χ2v) is 5.64. The molecule has 0 amide bonds. The van der Waals surface area contributed by atoms with Crippen LogP contribution in [-0.4, -0.2) is 40.6 Å². The standard InChI is InChI=1S/C13H19N5O2/c19-18(20)12-6-15-13(16-7-12)17(8-10-3-4-10)9-11-2-1-5-14-11/h6-7,10-11,14H,1-5,8-9H2. The lowest BCUT2D eigenvalue weighted by Gasteiger charge is -2.25. The number of hydrogen-bond donors (Lipinski definition) is 1. The first kappa shape index (κ1) is 13.2. The second kappa shape index (κ2) is 5.70. The highest BCUT2D eigenvalue weighted by Crippen LogP contribution is 2.31. The maximum Gasteiger partial charge on any atom is 0.305 e. The fourth-order valence-corrected chi connectivity index (χ4v) is 2.60. The molecule has 1 N–H and O–H groups in total. The van der Waals surface area contributed by atoms with E-state index in [-0.39, 0.29) is 5.69 Å². The van der Waals surface area contributed by atoms with Crippen molar-refractivity contribution < 1.29 is 4.92 Å². The Labute approximate surface area is 117 Å². The van der Waals surface area contributed by atoms with Gasteiger partial charge in [-0.1, -0.05) is 0 Å². The van der Waals surface area contributed by atoms with Crippen LogP contribution in [0.5, 0.6) is 0 Å². The molecule has 7 heteroatoms. The molecule has 7 nitrogen and oxygen atoms in total. The fourth-order valence-electron chi connectivity index (χ4n) is 2.60. The molecule has 1 aromatic heterocycles. The van der Waals surface area contributed by atoms with Crippen molar-refractivity contribution in [1.82, 2.24) is 15.3 Å². The maximum absolute atomic E-state index is 10.7. The molecule has 1 aliphatic carbocycles. The van der Waals surface area contributed by atoms with Gasteiger partial charge in [-0.25, -0.2) is 9.97 Å². The van der Waals surface area contributed by atoms with Gasteiger partial charge in [-0.2, -0.15) is 0 Å². The van der Waals surface area contributed by atoms with Crippen LogP contribution in [0.15, 0.2) is 12.4 Å². The van der Waals surface area contributed by atoms with Gasteiger partial charge in [-0.3, -0.25) is 10.1 Å². The first-order valence-corrected chi connectivity index (χ1v) is 7.17. The molecule has 3 rings (SSSR count). The largest absolute Gasteiger partial charge is 0.339 e. The first-order valence-electron chi connectivity index (χ1n) is 7.17. The second-order valence-electron chi connectivity index (χ2n) is 5.64. The van der Waals surface area contributed by atoms with Gasteiger partial charge in [0.2, 0.25) is 5.95 Å². The molecular weight excluding hydrogens is 258 g/mol. The average Bonchev–Trinajstić information content (AvgIpc) is 3.12. The van der Waals surface area contributed by atoms with E-state index >= 15 is 0 Å². The highest BCUT2D eigenvalue weighted by atomic mass is 16.6. The third-order valence-electron chi connectivity index (χ3n) is 3.90. The van der Waals surface area contributed by atoms with E-state index in [1.165, 1.54) is 38.1 Å². The monoisotopic (exact) mass is 277 g/mol. The molecule has 1 atom stereocenters. The number of hydrogen-bond acceptors (Lipinski definition) is 6. The molecule has 2 heterocycles. The predicted molar refractivity (Wildman–Crippen MR) is 74.6 cm³/mol.